The molecule has 0 saturated heterocycles. The second-order valence-corrected chi connectivity index (χ2v) is 6.89. The van der Waals surface area contributed by atoms with Gasteiger partial charge in [-0.05, 0) is 55.5 Å². The fourth-order valence-electron chi connectivity index (χ4n) is 2.62. The molecule has 0 radical (unpaired) electrons. The van der Waals surface area contributed by atoms with Gasteiger partial charge in [0.2, 0.25) is 0 Å². The third-order valence-electron chi connectivity index (χ3n) is 4.15. The molecule has 2 amide bonds. The van der Waals surface area contributed by atoms with Crippen LogP contribution in [0.15, 0.2) is 54.7 Å². The topological polar surface area (TPSA) is 85.2 Å². The minimum atomic E-state index is -4.92. The number of aromatic nitrogens is 2. The van der Waals surface area contributed by atoms with Crippen LogP contribution in [0.2, 0.25) is 5.02 Å². The highest BCUT2D eigenvalue weighted by atomic mass is 35.5. The first-order valence-corrected chi connectivity index (χ1v) is 9.37. The molecule has 0 aliphatic rings. The molecule has 12 heteroatoms. The summed E-state index contributed by atoms with van der Waals surface area (Å²) in [5, 5.41) is 3.97. The molecule has 1 unspecified atom stereocenters. The zero-order valence-electron chi connectivity index (χ0n) is 16.3. The summed E-state index contributed by atoms with van der Waals surface area (Å²) in [7, 11) is 0. The molecule has 0 aliphatic heterocycles. The van der Waals surface area contributed by atoms with Crippen molar-refractivity contribution in [3.05, 3.63) is 76.8 Å². The molecule has 7 nitrogen and oxygen atoms in total. The molecule has 3 aromatic rings. The van der Waals surface area contributed by atoms with Gasteiger partial charge in [0.15, 0.2) is 11.8 Å². The first-order chi connectivity index (χ1) is 15.1. The summed E-state index contributed by atoms with van der Waals surface area (Å²) in [5.41, 5.74) is 1.79. The molecule has 0 saturated carbocycles. The number of nitrogens with zero attached hydrogens (tertiary/aromatic N) is 2. The second-order valence-electron chi connectivity index (χ2n) is 6.45. The lowest BCUT2D eigenvalue weighted by Crippen LogP contribution is -2.47. The second kappa shape index (κ2) is 9.27. The number of hydrogen-bond donors (Lipinski definition) is 2. The molecule has 1 heterocycles. The van der Waals surface area contributed by atoms with Crippen molar-refractivity contribution in [3.63, 3.8) is 0 Å². The SMILES string of the molecule is CC(Oc1ccc(F)cc1)C(=O)NNC(=O)c1cnn(-c2ccc(Cl)cc2)c1C(F)(F)F. The summed E-state index contributed by atoms with van der Waals surface area (Å²) in [5.74, 6) is -2.40. The van der Waals surface area contributed by atoms with Gasteiger partial charge in [0.05, 0.1) is 17.4 Å². The van der Waals surface area contributed by atoms with Crippen molar-refractivity contribution in [2.24, 2.45) is 0 Å². The molecular formula is C20H15ClF4N4O3. The molecule has 0 spiro atoms. The minimum Gasteiger partial charge on any atom is -0.481 e. The number of nitrogens with one attached hydrogen (secondary N) is 2. The molecule has 0 aliphatic carbocycles. The maximum atomic E-state index is 13.7. The number of ether oxygens (including phenoxy) is 1. The number of benzene rings is 2. The largest absolute Gasteiger partial charge is 0.481 e. The van der Waals surface area contributed by atoms with E-state index in [0.717, 1.165) is 18.3 Å². The van der Waals surface area contributed by atoms with Crippen molar-refractivity contribution in [2.45, 2.75) is 19.2 Å². The quantitative estimate of drug-likeness (QED) is 0.437. The smallest absolute Gasteiger partial charge is 0.434 e. The molecule has 1 aromatic heterocycles. The summed E-state index contributed by atoms with van der Waals surface area (Å²) in [6.45, 7) is 1.34. The van der Waals surface area contributed by atoms with Crippen LogP contribution in [0, 0.1) is 5.82 Å². The van der Waals surface area contributed by atoms with E-state index in [1.54, 1.807) is 0 Å². The fraction of sp³-hybridized carbons (Fsp3) is 0.150. The number of halogens is 5. The maximum absolute atomic E-state index is 13.7. The monoisotopic (exact) mass is 470 g/mol. The third kappa shape index (κ3) is 5.35. The van der Waals surface area contributed by atoms with Crippen molar-refractivity contribution >= 4 is 23.4 Å². The Kier molecular flexibility index (Phi) is 6.68. The Hall–Kier alpha value is -3.60. The highest BCUT2D eigenvalue weighted by Crippen LogP contribution is 2.33. The van der Waals surface area contributed by atoms with Gasteiger partial charge in [0.25, 0.3) is 11.8 Å². The molecule has 2 aromatic carbocycles. The van der Waals surface area contributed by atoms with Gasteiger partial charge < -0.3 is 4.74 Å². The van der Waals surface area contributed by atoms with E-state index in [-0.39, 0.29) is 11.4 Å². The molecule has 0 bridgehead atoms. The zero-order valence-corrected chi connectivity index (χ0v) is 17.0. The molecule has 2 N–H and O–H groups in total. The summed E-state index contributed by atoms with van der Waals surface area (Å²) >= 11 is 5.76. The molecule has 1 atom stereocenters. The summed E-state index contributed by atoms with van der Waals surface area (Å²) in [6.07, 6.45) is -5.33. The number of rotatable bonds is 5. The number of hydrazine groups is 1. The van der Waals surface area contributed by atoms with Gasteiger partial charge >= 0.3 is 6.18 Å². The van der Waals surface area contributed by atoms with E-state index in [4.69, 9.17) is 16.3 Å². The maximum Gasteiger partial charge on any atom is 0.434 e. The third-order valence-corrected chi connectivity index (χ3v) is 4.40. The minimum absolute atomic E-state index is 0.0335. The van der Waals surface area contributed by atoms with Gasteiger partial charge in [-0.2, -0.15) is 18.3 Å². The normalized spacial score (nSPS) is 12.2. The number of amides is 2. The highest BCUT2D eigenvalue weighted by molar-refractivity contribution is 6.30. The zero-order chi connectivity index (χ0) is 23.5. The highest BCUT2D eigenvalue weighted by Gasteiger charge is 2.40. The van der Waals surface area contributed by atoms with Gasteiger partial charge in [-0.1, -0.05) is 11.6 Å². The predicted molar refractivity (Wildman–Crippen MR) is 106 cm³/mol. The first kappa shape index (κ1) is 23.1. The van der Waals surface area contributed by atoms with Crippen LogP contribution >= 0.6 is 11.6 Å². The van der Waals surface area contributed by atoms with Gasteiger partial charge in [-0.15, -0.1) is 0 Å². The molecule has 32 heavy (non-hydrogen) atoms. The number of carbonyl (C=O) groups is 2. The lowest BCUT2D eigenvalue weighted by Gasteiger charge is -2.16. The Morgan fingerprint density at radius 1 is 1.06 bits per heavy atom. The van der Waals surface area contributed by atoms with E-state index in [9.17, 15) is 27.2 Å². The number of carbonyl (C=O) groups excluding carboxylic acids is 2. The standard InChI is InChI=1S/C20H15ClF4N4O3/c1-11(32-15-8-4-13(22)5-9-15)18(30)27-28-19(31)16-10-26-29(17(16)20(23,24)25)14-6-2-12(21)3-7-14/h2-11H,1H3,(H,27,30)(H,28,31). The van der Waals surface area contributed by atoms with Crippen LogP contribution in [-0.2, 0) is 11.0 Å². The number of hydrogen-bond acceptors (Lipinski definition) is 4. The Bertz CT molecular complexity index is 1120. The lowest BCUT2D eigenvalue weighted by molar-refractivity contribution is -0.143. The van der Waals surface area contributed by atoms with Gasteiger partial charge in [0.1, 0.15) is 11.6 Å². The lowest BCUT2D eigenvalue weighted by atomic mass is 10.2. The molecule has 3 rings (SSSR count). The van der Waals surface area contributed by atoms with E-state index in [1.807, 2.05) is 10.9 Å². The van der Waals surface area contributed by atoms with Crippen molar-refractivity contribution in [3.8, 4) is 11.4 Å². The van der Waals surface area contributed by atoms with Crippen LogP contribution in [0.25, 0.3) is 5.69 Å². The van der Waals surface area contributed by atoms with Crippen LogP contribution in [0.1, 0.15) is 23.0 Å². The van der Waals surface area contributed by atoms with E-state index in [0.29, 0.717) is 9.70 Å². The van der Waals surface area contributed by atoms with Crippen LogP contribution in [0.5, 0.6) is 5.75 Å². The Morgan fingerprint density at radius 3 is 2.28 bits per heavy atom. The van der Waals surface area contributed by atoms with Crippen molar-refractivity contribution < 1.29 is 31.9 Å². The van der Waals surface area contributed by atoms with Crippen LogP contribution < -0.4 is 15.6 Å². The van der Waals surface area contributed by atoms with Gasteiger partial charge in [-0.3, -0.25) is 20.4 Å². The van der Waals surface area contributed by atoms with E-state index in [2.05, 4.69) is 5.10 Å². The summed E-state index contributed by atoms with van der Waals surface area (Å²) in [6, 6.07) is 10.2. The predicted octanol–water partition coefficient (Wildman–Crippen LogP) is 3.91. The van der Waals surface area contributed by atoms with Crippen molar-refractivity contribution in [1.82, 2.24) is 20.6 Å². The molecule has 168 valence electrons. The van der Waals surface area contributed by atoms with Crippen LogP contribution in [0.3, 0.4) is 0 Å². The Labute approximate surface area is 183 Å². The van der Waals surface area contributed by atoms with Crippen molar-refractivity contribution in [2.75, 3.05) is 0 Å². The first-order valence-electron chi connectivity index (χ1n) is 9.00. The average Bonchev–Trinajstić information content (AvgIpc) is 3.20. The average molecular weight is 471 g/mol. The molecular weight excluding hydrogens is 456 g/mol. The van der Waals surface area contributed by atoms with Crippen LogP contribution in [0.4, 0.5) is 17.6 Å². The van der Waals surface area contributed by atoms with E-state index >= 15 is 0 Å². The molecule has 0 fully saturated rings. The summed E-state index contributed by atoms with van der Waals surface area (Å²) < 4.78 is 59.7. The Morgan fingerprint density at radius 2 is 1.69 bits per heavy atom. The van der Waals surface area contributed by atoms with Crippen molar-refractivity contribution in [1.29, 1.82) is 0 Å². The number of alkyl halides is 3. The van der Waals surface area contributed by atoms with Gasteiger partial charge in [0, 0.05) is 5.02 Å². The fourth-order valence-corrected chi connectivity index (χ4v) is 2.75. The summed E-state index contributed by atoms with van der Waals surface area (Å²) in [4.78, 5) is 24.5. The van der Waals surface area contributed by atoms with Gasteiger partial charge in [-0.25, -0.2) is 9.07 Å². The van der Waals surface area contributed by atoms with E-state index in [1.165, 1.54) is 43.3 Å². The van der Waals surface area contributed by atoms with E-state index < -0.39 is 41.2 Å². The Balaban J connectivity index is 1.72. The van der Waals surface area contributed by atoms with Crippen LogP contribution in [-0.4, -0.2) is 27.7 Å².